The largest absolute Gasteiger partial charge is 0.382 e. The van der Waals surface area contributed by atoms with E-state index in [0.717, 1.165) is 37.8 Å². The van der Waals surface area contributed by atoms with Crippen LogP contribution in [0.4, 0.5) is 5.95 Å². The first-order valence-corrected chi connectivity index (χ1v) is 7.21. The molecule has 1 N–H and O–H groups in total. The molecule has 0 aliphatic heterocycles. The highest BCUT2D eigenvalue weighted by Gasteiger charge is 2.08. The van der Waals surface area contributed by atoms with Gasteiger partial charge in [-0.05, 0) is 38.0 Å². The minimum absolute atomic E-state index is 0.714. The van der Waals surface area contributed by atoms with Gasteiger partial charge in [-0.3, -0.25) is 4.57 Å². The van der Waals surface area contributed by atoms with Gasteiger partial charge >= 0.3 is 0 Å². The summed E-state index contributed by atoms with van der Waals surface area (Å²) in [6, 6.07) is 5.96. The second-order valence-corrected chi connectivity index (χ2v) is 4.96. The van der Waals surface area contributed by atoms with Crippen LogP contribution in [0.1, 0.15) is 18.9 Å². The molecule has 1 aromatic carbocycles. The summed E-state index contributed by atoms with van der Waals surface area (Å²) < 4.78 is 7.28. The van der Waals surface area contributed by atoms with E-state index >= 15 is 0 Å². The first-order valence-electron chi connectivity index (χ1n) is 6.84. The number of imidazole rings is 1. The van der Waals surface area contributed by atoms with Gasteiger partial charge in [0.25, 0.3) is 0 Å². The molecule has 0 amide bonds. The third-order valence-electron chi connectivity index (χ3n) is 2.95. The van der Waals surface area contributed by atoms with Gasteiger partial charge in [-0.1, -0.05) is 17.7 Å². The molecule has 0 saturated heterocycles. The molecular formula is C15H20ClN3O. The van der Waals surface area contributed by atoms with Crippen LogP contribution in [0.2, 0.25) is 5.02 Å². The molecule has 0 saturated carbocycles. The fourth-order valence-corrected chi connectivity index (χ4v) is 2.16. The molecule has 5 heteroatoms. The predicted molar refractivity (Wildman–Crippen MR) is 82.9 cm³/mol. The van der Waals surface area contributed by atoms with Crippen molar-refractivity contribution in [2.75, 3.05) is 25.1 Å². The van der Waals surface area contributed by atoms with Crippen molar-refractivity contribution in [3.63, 3.8) is 0 Å². The van der Waals surface area contributed by atoms with E-state index in [0.29, 0.717) is 5.02 Å². The van der Waals surface area contributed by atoms with Gasteiger partial charge in [0.2, 0.25) is 5.95 Å². The van der Waals surface area contributed by atoms with Crippen LogP contribution in [0.15, 0.2) is 30.6 Å². The summed E-state index contributed by atoms with van der Waals surface area (Å²) in [4.78, 5) is 4.33. The highest BCUT2D eigenvalue weighted by molar-refractivity contribution is 6.32. The maximum Gasteiger partial charge on any atom is 0.207 e. The van der Waals surface area contributed by atoms with Gasteiger partial charge in [0.15, 0.2) is 0 Å². The topological polar surface area (TPSA) is 39.1 Å². The van der Waals surface area contributed by atoms with Crippen LogP contribution >= 0.6 is 11.6 Å². The van der Waals surface area contributed by atoms with Crippen molar-refractivity contribution in [2.24, 2.45) is 0 Å². The number of nitrogens with zero attached hydrogens (tertiary/aromatic N) is 2. The number of hydrogen-bond acceptors (Lipinski definition) is 3. The number of rotatable bonds is 7. The maximum atomic E-state index is 6.27. The van der Waals surface area contributed by atoms with Crippen LogP contribution < -0.4 is 5.32 Å². The van der Waals surface area contributed by atoms with Crippen LogP contribution in [0.5, 0.6) is 0 Å². The van der Waals surface area contributed by atoms with Crippen molar-refractivity contribution in [1.82, 2.24) is 9.55 Å². The summed E-state index contributed by atoms with van der Waals surface area (Å²) in [5.74, 6) is 0.800. The maximum absolute atomic E-state index is 6.27. The van der Waals surface area contributed by atoms with E-state index in [-0.39, 0.29) is 0 Å². The van der Waals surface area contributed by atoms with E-state index in [4.69, 9.17) is 16.3 Å². The van der Waals surface area contributed by atoms with Gasteiger partial charge in [-0.25, -0.2) is 4.98 Å². The normalized spacial score (nSPS) is 10.8. The Balaban J connectivity index is 2.06. The zero-order valence-corrected chi connectivity index (χ0v) is 12.7. The summed E-state index contributed by atoms with van der Waals surface area (Å²) in [6.07, 6.45) is 4.62. The van der Waals surface area contributed by atoms with Crippen LogP contribution in [0.25, 0.3) is 5.69 Å². The average molecular weight is 294 g/mol. The van der Waals surface area contributed by atoms with Gasteiger partial charge in [-0.15, -0.1) is 0 Å². The minimum atomic E-state index is 0.714. The summed E-state index contributed by atoms with van der Waals surface area (Å²) in [6.45, 7) is 6.38. The number of anilines is 1. The second-order valence-electron chi connectivity index (χ2n) is 4.55. The van der Waals surface area contributed by atoms with Gasteiger partial charge in [-0.2, -0.15) is 0 Å². The average Bonchev–Trinajstić information content (AvgIpc) is 2.89. The number of nitrogens with one attached hydrogen (secondary N) is 1. The van der Waals surface area contributed by atoms with Crippen molar-refractivity contribution in [2.45, 2.75) is 20.3 Å². The van der Waals surface area contributed by atoms with Crippen molar-refractivity contribution in [3.05, 3.63) is 41.2 Å². The lowest BCUT2D eigenvalue weighted by Crippen LogP contribution is -2.10. The molecule has 0 aliphatic rings. The van der Waals surface area contributed by atoms with E-state index < -0.39 is 0 Å². The van der Waals surface area contributed by atoms with E-state index in [1.165, 1.54) is 5.56 Å². The summed E-state index contributed by atoms with van der Waals surface area (Å²) in [5, 5.41) is 4.02. The standard InChI is InChI=1S/C15H20ClN3O/c1-3-20-10-4-7-17-15-18-8-9-19(15)14-11-12(2)5-6-13(14)16/h5-6,8-9,11H,3-4,7,10H2,1-2H3,(H,17,18). The van der Waals surface area contributed by atoms with E-state index in [1.54, 1.807) is 6.20 Å². The molecular weight excluding hydrogens is 274 g/mol. The first-order chi connectivity index (χ1) is 9.72. The fourth-order valence-electron chi connectivity index (χ4n) is 1.95. The lowest BCUT2D eigenvalue weighted by molar-refractivity contribution is 0.147. The molecule has 1 heterocycles. The van der Waals surface area contributed by atoms with Crippen LogP contribution in [0, 0.1) is 6.92 Å². The van der Waals surface area contributed by atoms with E-state index in [1.807, 2.05) is 36.7 Å². The van der Waals surface area contributed by atoms with Crippen LogP contribution in [-0.2, 0) is 4.74 Å². The first kappa shape index (κ1) is 14.9. The second kappa shape index (κ2) is 7.31. The quantitative estimate of drug-likeness (QED) is 0.792. The van der Waals surface area contributed by atoms with Crippen molar-refractivity contribution in [3.8, 4) is 5.69 Å². The third kappa shape index (κ3) is 3.74. The molecule has 2 aromatic rings. The van der Waals surface area contributed by atoms with Gasteiger partial charge in [0.05, 0.1) is 10.7 Å². The lowest BCUT2D eigenvalue weighted by atomic mass is 10.2. The molecule has 0 atom stereocenters. The molecule has 0 radical (unpaired) electrons. The summed E-state index contributed by atoms with van der Waals surface area (Å²) >= 11 is 6.27. The molecule has 0 fully saturated rings. The number of benzene rings is 1. The Hall–Kier alpha value is -1.52. The number of halogens is 1. The zero-order valence-electron chi connectivity index (χ0n) is 11.9. The minimum Gasteiger partial charge on any atom is -0.382 e. The van der Waals surface area contributed by atoms with Crippen molar-refractivity contribution in [1.29, 1.82) is 0 Å². The number of aromatic nitrogens is 2. The molecule has 2 rings (SSSR count). The Labute approximate surface area is 124 Å². The highest BCUT2D eigenvalue weighted by Crippen LogP contribution is 2.24. The van der Waals surface area contributed by atoms with Crippen LogP contribution in [-0.4, -0.2) is 29.3 Å². The number of ether oxygens (including phenoxy) is 1. The van der Waals surface area contributed by atoms with E-state index in [2.05, 4.69) is 16.4 Å². The predicted octanol–water partition coefficient (Wildman–Crippen LogP) is 3.67. The smallest absolute Gasteiger partial charge is 0.207 e. The number of aryl methyl sites for hydroxylation is 1. The Kier molecular flexibility index (Phi) is 5.44. The molecule has 108 valence electrons. The molecule has 20 heavy (non-hydrogen) atoms. The van der Waals surface area contributed by atoms with E-state index in [9.17, 15) is 0 Å². The van der Waals surface area contributed by atoms with Crippen molar-refractivity contribution >= 4 is 17.5 Å². The molecule has 0 aliphatic carbocycles. The third-order valence-corrected chi connectivity index (χ3v) is 3.27. The van der Waals surface area contributed by atoms with Crippen molar-refractivity contribution < 1.29 is 4.74 Å². The van der Waals surface area contributed by atoms with Gasteiger partial charge < -0.3 is 10.1 Å². The monoisotopic (exact) mass is 293 g/mol. The SMILES string of the molecule is CCOCCCNc1nccn1-c1cc(C)ccc1Cl. The Morgan fingerprint density at radius 2 is 2.25 bits per heavy atom. The summed E-state index contributed by atoms with van der Waals surface area (Å²) in [7, 11) is 0. The molecule has 0 bridgehead atoms. The lowest BCUT2D eigenvalue weighted by Gasteiger charge is -2.12. The Morgan fingerprint density at radius 3 is 3.05 bits per heavy atom. The Morgan fingerprint density at radius 1 is 1.40 bits per heavy atom. The molecule has 0 spiro atoms. The zero-order chi connectivity index (χ0) is 14.4. The van der Waals surface area contributed by atoms with Gasteiger partial charge in [0.1, 0.15) is 0 Å². The Bertz CT molecular complexity index is 554. The van der Waals surface area contributed by atoms with Gasteiger partial charge in [0, 0.05) is 32.2 Å². The number of hydrogen-bond donors (Lipinski definition) is 1. The summed E-state index contributed by atoms with van der Waals surface area (Å²) in [5.41, 5.74) is 2.11. The molecule has 1 aromatic heterocycles. The van der Waals surface area contributed by atoms with Crippen LogP contribution in [0.3, 0.4) is 0 Å². The highest BCUT2D eigenvalue weighted by atomic mass is 35.5. The fraction of sp³-hybridized carbons (Fsp3) is 0.400. The molecule has 0 unspecified atom stereocenters. The molecule has 4 nitrogen and oxygen atoms in total.